The second-order valence-corrected chi connectivity index (χ2v) is 2.95. The Hall–Kier alpha value is -1.71. The van der Waals surface area contributed by atoms with Crippen LogP contribution >= 0.6 is 0 Å². The molecule has 13 heavy (non-hydrogen) atoms. The van der Waals surface area contributed by atoms with Gasteiger partial charge in [-0.15, -0.1) is 0 Å². The minimum Gasteiger partial charge on any atom is -0.464 e. The lowest BCUT2D eigenvalue weighted by atomic mass is 10.2. The van der Waals surface area contributed by atoms with E-state index in [9.17, 15) is 4.79 Å². The summed E-state index contributed by atoms with van der Waals surface area (Å²) in [6, 6.07) is 7.79. The highest BCUT2D eigenvalue weighted by molar-refractivity contribution is 5.69. The van der Waals surface area contributed by atoms with Crippen LogP contribution in [0.4, 0.5) is 10.5 Å². The number of fused-ring (bicyclic) bond motifs is 1. The van der Waals surface area contributed by atoms with Crippen LogP contribution in [-0.2, 0) is 6.42 Å². The molecule has 1 aromatic carbocycles. The molecular weight excluding hydrogens is 168 g/mol. The van der Waals surface area contributed by atoms with Crippen LogP contribution in [0.2, 0.25) is 0 Å². The number of hydrogen-bond acceptors (Lipinski definition) is 2. The van der Waals surface area contributed by atoms with Crippen LogP contribution in [0.5, 0.6) is 0 Å². The second-order valence-electron chi connectivity index (χ2n) is 2.95. The van der Waals surface area contributed by atoms with E-state index < -0.39 is 6.09 Å². The molecule has 1 heterocycles. The Kier molecular flexibility index (Phi) is 1.81. The van der Waals surface area contributed by atoms with Crippen molar-refractivity contribution >= 4 is 11.8 Å². The lowest BCUT2D eigenvalue weighted by molar-refractivity contribution is 0.193. The molecule has 4 heteroatoms. The molecule has 1 amide bonds. The number of carboxylic acid groups (broad SMARTS) is 1. The lowest BCUT2D eigenvalue weighted by Crippen LogP contribution is -2.40. The number of hydrogen-bond donors (Lipinski definition) is 2. The Morgan fingerprint density at radius 2 is 2.23 bits per heavy atom. The predicted octanol–water partition coefficient (Wildman–Crippen LogP) is 1.23. The van der Waals surface area contributed by atoms with Crippen molar-refractivity contribution in [1.82, 2.24) is 5.43 Å². The summed E-state index contributed by atoms with van der Waals surface area (Å²) in [6.07, 6.45) is -0.118. The van der Waals surface area contributed by atoms with Gasteiger partial charge in [-0.1, -0.05) is 18.2 Å². The van der Waals surface area contributed by atoms with Gasteiger partial charge in [-0.05, 0) is 18.1 Å². The van der Waals surface area contributed by atoms with Gasteiger partial charge < -0.3 is 5.11 Å². The first-order valence-corrected chi connectivity index (χ1v) is 4.12. The van der Waals surface area contributed by atoms with E-state index in [1.165, 1.54) is 5.56 Å². The van der Waals surface area contributed by atoms with Crippen molar-refractivity contribution in [3.8, 4) is 0 Å². The van der Waals surface area contributed by atoms with Crippen molar-refractivity contribution < 1.29 is 9.90 Å². The van der Waals surface area contributed by atoms with Crippen LogP contribution in [0.25, 0.3) is 0 Å². The van der Waals surface area contributed by atoms with Crippen LogP contribution in [0, 0.1) is 0 Å². The Labute approximate surface area is 75.8 Å². The monoisotopic (exact) mass is 178 g/mol. The highest BCUT2D eigenvalue weighted by Crippen LogP contribution is 2.25. The van der Waals surface area contributed by atoms with Crippen molar-refractivity contribution in [1.29, 1.82) is 0 Å². The van der Waals surface area contributed by atoms with Crippen molar-refractivity contribution in [3.05, 3.63) is 29.8 Å². The molecule has 0 radical (unpaired) electrons. The van der Waals surface area contributed by atoms with Crippen molar-refractivity contribution in [2.24, 2.45) is 0 Å². The first-order chi connectivity index (χ1) is 6.27. The molecular formula is C9H10N2O2. The smallest absolute Gasteiger partial charge is 0.423 e. The van der Waals surface area contributed by atoms with Crippen LogP contribution in [0.3, 0.4) is 0 Å². The highest BCUT2D eigenvalue weighted by atomic mass is 16.4. The van der Waals surface area contributed by atoms with E-state index in [1.807, 2.05) is 24.3 Å². The summed E-state index contributed by atoms with van der Waals surface area (Å²) < 4.78 is 0. The Balaban J connectivity index is 2.23. The van der Waals surface area contributed by atoms with E-state index in [4.69, 9.17) is 5.11 Å². The van der Waals surface area contributed by atoms with Gasteiger partial charge >= 0.3 is 6.09 Å². The number of anilines is 1. The summed E-state index contributed by atoms with van der Waals surface area (Å²) in [5.41, 5.74) is 4.50. The zero-order valence-electron chi connectivity index (χ0n) is 7.03. The number of rotatable bonds is 1. The van der Waals surface area contributed by atoms with E-state index in [2.05, 4.69) is 5.43 Å². The molecule has 0 bridgehead atoms. The molecule has 0 aromatic heterocycles. The number of hydrazine groups is 1. The molecule has 0 atom stereocenters. The van der Waals surface area contributed by atoms with Gasteiger partial charge in [0.05, 0.1) is 5.69 Å². The average Bonchev–Trinajstić information content (AvgIpc) is 2.48. The normalized spacial score (nSPS) is 14.0. The van der Waals surface area contributed by atoms with Crippen molar-refractivity contribution in [2.75, 3.05) is 11.6 Å². The molecule has 4 nitrogen and oxygen atoms in total. The summed E-state index contributed by atoms with van der Waals surface area (Å²) in [5, 5.41) is 10.2. The Morgan fingerprint density at radius 1 is 1.46 bits per heavy atom. The maximum atomic E-state index is 10.4. The summed E-state index contributed by atoms with van der Waals surface area (Å²) in [6.45, 7) is 0.714. The molecule has 1 aliphatic rings. The molecule has 68 valence electrons. The molecule has 0 fully saturated rings. The molecule has 0 aliphatic carbocycles. The number of nitrogens with zero attached hydrogens (tertiary/aromatic N) is 1. The van der Waals surface area contributed by atoms with E-state index in [-0.39, 0.29) is 0 Å². The number of nitrogens with one attached hydrogen (secondary N) is 1. The standard InChI is InChI=1S/C9H10N2O2/c12-9(13)10-11-6-5-7-3-1-2-4-8(7)11/h1-4,10H,5-6H2,(H,12,13). The molecule has 0 spiro atoms. The number of carbonyl (C=O) groups is 1. The second kappa shape index (κ2) is 2.97. The third-order valence-corrected chi connectivity index (χ3v) is 2.12. The Bertz CT molecular complexity index is 338. The SMILES string of the molecule is O=C(O)NN1CCc2ccccc21. The van der Waals surface area contributed by atoms with Gasteiger partial charge in [0.1, 0.15) is 0 Å². The van der Waals surface area contributed by atoms with E-state index >= 15 is 0 Å². The van der Waals surface area contributed by atoms with Crippen molar-refractivity contribution in [3.63, 3.8) is 0 Å². The van der Waals surface area contributed by atoms with E-state index in [1.54, 1.807) is 5.01 Å². The third-order valence-electron chi connectivity index (χ3n) is 2.12. The zero-order chi connectivity index (χ0) is 9.26. The predicted molar refractivity (Wildman–Crippen MR) is 48.7 cm³/mol. The molecule has 2 N–H and O–H groups in total. The molecule has 2 rings (SSSR count). The quantitative estimate of drug-likeness (QED) is 0.680. The fourth-order valence-corrected chi connectivity index (χ4v) is 1.57. The summed E-state index contributed by atoms with van der Waals surface area (Å²) in [5.74, 6) is 0. The largest absolute Gasteiger partial charge is 0.464 e. The molecule has 1 aliphatic heterocycles. The fraction of sp³-hybridized carbons (Fsp3) is 0.222. The van der Waals surface area contributed by atoms with Crippen LogP contribution in [-0.4, -0.2) is 17.7 Å². The lowest BCUT2D eigenvalue weighted by Gasteiger charge is -2.17. The van der Waals surface area contributed by atoms with Crippen molar-refractivity contribution in [2.45, 2.75) is 6.42 Å². The van der Waals surface area contributed by atoms with E-state index in [0.29, 0.717) is 6.54 Å². The van der Waals surface area contributed by atoms with Gasteiger partial charge in [-0.25, -0.2) is 10.2 Å². The molecule has 0 saturated heterocycles. The average molecular weight is 178 g/mol. The summed E-state index contributed by atoms with van der Waals surface area (Å²) in [4.78, 5) is 10.4. The maximum absolute atomic E-state index is 10.4. The van der Waals surface area contributed by atoms with Gasteiger partial charge in [-0.2, -0.15) is 0 Å². The van der Waals surface area contributed by atoms with Crippen LogP contribution in [0.1, 0.15) is 5.56 Å². The van der Waals surface area contributed by atoms with Gasteiger partial charge in [0, 0.05) is 6.54 Å². The first-order valence-electron chi connectivity index (χ1n) is 4.12. The third kappa shape index (κ3) is 1.42. The molecule has 1 aromatic rings. The molecule has 0 unspecified atom stereocenters. The molecule has 0 saturated carbocycles. The number of amides is 1. The van der Waals surface area contributed by atoms with Crippen LogP contribution < -0.4 is 10.4 Å². The topological polar surface area (TPSA) is 52.6 Å². The minimum absolute atomic E-state index is 0.714. The van der Waals surface area contributed by atoms with Gasteiger partial charge in [-0.3, -0.25) is 5.01 Å². The van der Waals surface area contributed by atoms with E-state index in [0.717, 1.165) is 12.1 Å². The minimum atomic E-state index is -1.02. The van der Waals surface area contributed by atoms with Gasteiger partial charge in [0.15, 0.2) is 0 Å². The number of benzene rings is 1. The maximum Gasteiger partial charge on any atom is 0.423 e. The zero-order valence-corrected chi connectivity index (χ0v) is 7.03. The highest BCUT2D eigenvalue weighted by Gasteiger charge is 2.19. The van der Waals surface area contributed by atoms with Crippen LogP contribution in [0.15, 0.2) is 24.3 Å². The van der Waals surface area contributed by atoms with Gasteiger partial charge in [0.25, 0.3) is 0 Å². The Morgan fingerprint density at radius 3 is 3.00 bits per heavy atom. The number of para-hydroxylation sites is 1. The fourth-order valence-electron chi connectivity index (χ4n) is 1.57. The summed E-state index contributed by atoms with van der Waals surface area (Å²) in [7, 11) is 0. The van der Waals surface area contributed by atoms with Gasteiger partial charge in [0.2, 0.25) is 0 Å². The summed E-state index contributed by atoms with van der Waals surface area (Å²) >= 11 is 0. The first kappa shape index (κ1) is 7.91.